The third-order valence-corrected chi connectivity index (χ3v) is 4.32. The minimum absolute atomic E-state index is 0.00429. The molecule has 1 aliphatic rings. The van der Waals surface area contributed by atoms with E-state index in [9.17, 15) is 9.59 Å². The Kier molecular flexibility index (Phi) is 5.37. The van der Waals surface area contributed by atoms with E-state index in [0.717, 1.165) is 4.88 Å². The van der Waals surface area contributed by atoms with E-state index < -0.39 is 0 Å². The van der Waals surface area contributed by atoms with Crippen LogP contribution in [0.25, 0.3) is 0 Å². The fraction of sp³-hybridized carbons (Fsp3) is 0.467. The Morgan fingerprint density at radius 2 is 2.19 bits per heavy atom. The highest BCUT2D eigenvalue weighted by molar-refractivity contribution is 7.10. The number of thiophene rings is 1. The lowest BCUT2D eigenvalue weighted by Gasteiger charge is -2.30. The average Bonchev–Trinajstić information content (AvgIpc) is 3.00. The molecule has 21 heavy (non-hydrogen) atoms. The van der Waals surface area contributed by atoms with Crippen LogP contribution in [0.3, 0.4) is 0 Å². The third kappa shape index (κ3) is 3.84. The summed E-state index contributed by atoms with van der Waals surface area (Å²) in [6.45, 7) is 1.47. The lowest BCUT2D eigenvalue weighted by Crippen LogP contribution is -2.40. The standard InChI is InChI=1S/C15H18N2O3S/c1-20-15(19)11-4-7-17(8-5-11)14(18)12-9-13(21-10-12)3-2-6-16/h9-11H,4-8,16H2,1H3. The van der Waals surface area contributed by atoms with Crippen molar-refractivity contribution < 1.29 is 14.3 Å². The lowest BCUT2D eigenvalue weighted by molar-refractivity contribution is -0.146. The van der Waals surface area contributed by atoms with Gasteiger partial charge in [0.2, 0.25) is 0 Å². The number of amides is 1. The van der Waals surface area contributed by atoms with Crippen LogP contribution in [0.1, 0.15) is 28.1 Å². The van der Waals surface area contributed by atoms with Crippen molar-refractivity contribution in [1.82, 2.24) is 4.90 Å². The first-order valence-electron chi connectivity index (χ1n) is 6.80. The molecule has 6 heteroatoms. The number of hydrogen-bond donors (Lipinski definition) is 1. The van der Waals surface area contributed by atoms with E-state index in [4.69, 9.17) is 10.5 Å². The lowest BCUT2D eigenvalue weighted by atomic mass is 9.96. The fourth-order valence-electron chi connectivity index (χ4n) is 2.32. The molecule has 1 aliphatic heterocycles. The van der Waals surface area contributed by atoms with Gasteiger partial charge >= 0.3 is 5.97 Å². The summed E-state index contributed by atoms with van der Waals surface area (Å²) in [7, 11) is 1.40. The molecule has 112 valence electrons. The van der Waals surface area contributed by atoms with Gasteiger partial charge in [-0.2, -0.15) is 0 Å². The van der Waals surface area contributed by atoms with Gasteiger partial charge in [-0.05, 0) is 18.9 Å². The molecule has 0 saturated carbocycles. The summed E-state index contributed by atoms with van der Waals surface area (Å²) in [5.74, 6) is 5.42. The summed E-state index contributed by atoms with van der Waals surface area (Å²) in [5, 5.41) is 1.81. The maximum absolute atomic E-state index is 12.4. The number of ether oxygens (including phenoxy) is 1. The summed E-state index contributed by atoms with van der Waals surface area (Å²) < 4.78 is 4.74. The van der Waals surface area contributed by atoms with Gasteiger partial charge in [-0.1, -0.05) is 11.8 Å². The van der Waals surface area contributed by atoms with Crippen LogP contribution in [0.5, 0.6) is 0 Å². The maximum atomic E-state index is 12.4. The molecular weight excluding hydrogens is 288 g/mol. The van der Waals surface area contributed by atoms with Gasteiger partial charge < -0.3 is 15.4 Å². The number of rotatable bonds is 2. The van der Waals surface area contributed by atoms with E-state index in [0.29, 0.717) is 38.0 Å². The first kappa shape index (κ1) is 15.5. The van der Waals surface area contributed by atoms with E-state index in [-0.39, 0.29) is 17.8 Å². The highest BCUT2D eigenvalue weighted by Gasteiger charge is 2.28. The van der Waals surface area contributed by atoms with Crippen molar-refractivity contribution in [3.05, 3.63) is 21.9 Å². The molecular formula is C15H18N2O3S. The third-order valence-electron chi connectivity index (χ3n) is 3.48. The van der Waals surface area contributed by atoms with Gasteiger partial charge in [0.05, 0.1) is 30.0 Å². The van der Waals surface area contributed by atoms with Crippen LogP contribution < -0.4 is 5.73 Å². The molecule has 0 unspecified atom stereocenters. The second-order valence-corrected chi connectivity index (χ2v) is 5.71. The Hall–Kier alpha value is -1.84. The number of carbonyl (C=O) groups is 2. The van der Waals surface area contributed by atoms with E-state index >= 15 is 0 Å². The molecule has 1 aromatic heterocycles. The molecule has 0 radical (unpaired) electrons. The van der Waals surface area contributed by atoms with Crippen LogP contribution in [0, 0.1) is 17.8 Å². The number of likely N-dealkylation sites (tertiary alicyclic amines) is 1. The Morgan fingerprint density at radius 3 is 2.81 bits per heavy atom. The highest BCUT2D eigenvalue weighted by Crippen LogP contribution is 2.22. The van der Waals surface area contributed by atoms with Crippen LogP contribution in [-0.2, 0) is 9.53 Å². The molecule has 2 N–H and O–H groups in total. The molecule has 0 aromatic carbocycles. The molecule has 2 rings (SSSR count). The van der Waals surface area contributed by atoms with Crippen molar-refractivity contribution in [2.24, 2.45) is 11.7 Å². The Morgan fingerprint density at radius 1 is 1.48 bits per heavy atom. The van der Waals surface area contributed by atoms with Crippen molar-refractivity contribution in [2.75, 3.05) is 26.7 Å². The van der Waals surface area contributed by atoms with Gasteiger partial charge in [0.1, 0.15) is 0 Å². The zero-order chi connectivity index (χ0) is 15.2. The SMILES string of the molecule is COC(=O)C1CCN(C(=O)c2csc(C#CCN)c2)CC1. The molecule has 1 fully saturated rings. The monoisotopic (exact) mass is 306 g/mol. The molecule has 1 saturated heterocycles. The summed E-state index contributed by atoms with van der Waals surface area (Å²) in [5.41, 5.74) is 5.98. The van der Waals surface area contributed by atoms with Crippen molar-refractivity contribution >= 4 is 23.2 Å². The number of carbonyl (C=O) groups excluding carboxylic acids is 2. The predicted octanol–water partition coefficient (Wildman–Crippen LogP) is 1.08. The Balaban J connectivity index is 1.95. The van der Waals surface area contributed by atoms with Crippen molar-refractivity contribution in [2.45, 2.75) is 12.8 Å². The van der Waals surface area contributed by atoms with Crippen LogP contribution >= 0.6 is 11.3 Å². The van der Waals surface area contributed by atoms with Crippen molar-refractivity contribution in [1.29, 1.82) is 0 Å². The van der Waals surface area contributed by atoms with Crippen LogP contribution in [0.15, 0.2) is 11.4 Å². The number of hydrogen-bond acceptors (Lipinski definition) is 5. The molecule has 5 nitrogen and oxygen atoms in total. The van der Waals surface area contributed by atoms with Gasteiger partial charge in [0.25, 0.3) is 5.91 Å². The van der Waals surface area contributed by atoms with Gasteiger partial charge in [-0.15, -0.1) is 11.3 Å². The molecule has 0 atom stereocenters. The first-order valence-corrected chi connectivity index (χ1v) is 7.68. The molecule has 0 aliphatic carbocycles. The summed E-state index contributed by atoms with van der Waals surface area (Å²) in [4.78, 5) is 26.5. The van der Waals surface area contributed by atoms with E-state index in [1.807, 2.05) is 5.38 Å². The van der Waals surface area contributed by atoms with E-state index in [1.54, 1.807) is 11.0 Å². The van der Waals surface area contributed by atoms with Crippen molar-refractivity contribution in [3.63, 3.8) is 0 Å². The summed E-state index contributed by atoms with van der Waals surface area (Å²) >= 11 is 1.44. The molecule has 1 aromatic rings. The minimum Gasteiger partial charge on any atom is -0.469 e. The van der Waals surface area contributed by atoms with Gasteiger partial charge in [-0.25, -0.2) is 0 Å². The van der Waals surface area contributed by atoms with Gasteiger partial charge in [0.15, 0.2) is 0 Å². The number of nitrogens with two attached hydrogens (primary N) is 1. The zero-order valence-electron chi connectivity index (χ0n) is 11.9. The largest absolute Gasteiger partial charge is 0.469 e. The van der Waals surface area contributed by atoms with Gasteiger partial charge in [0, 0.05) is 18.5 Å². The summed E-state index contributed by atoms with van der Waals surface area (Å²) in [6, 6.07) is 1.79. The van der Waals surface area contributed by atoms with E-state index in [1.165, 1.54) is 18.4 Å². The van der Waals surface area contributed by atoms with Crippen LogP contribution in [0.2, 0.25) is 0 Å². The number of esters is 1. The van der Waals surface area contributed by atoms with E-state index in [2.05, 4.69) is 11.8 Å². The van der Waals surface area contributed by atoms with Crippen LogP contribution in [-0.4, -0.2) is 43.5 Å². The molecule has 2 heterocycles. The average molecular weight is 306 g/mol. The highest BCUT2D eigenvalue weighted by atomic mass is 32.1. The fourth-order valence-corrected chi connectivity index (χ4v) is 3.07. The zero-order valence-corrected chi connectivity index (χ0v) is 12.7. The number of methoxy groups -OCH3 is 1. The predicted molar refractivity (Wildman–Crippen MR) is 80.9 cm³/mol. The topological polar surface area (TPSA) is 72.6 Å². The molecule has 0 spiro atoms. The number of piperidine rings is 1. The smallest absolute Gasteiger partial charge is 0.308 e. The Bertz CT molecular complexity index is 577. The first-order chi connectivity index (χ1) is 10.2. The second-order valence-electron chi connectivity index (χ2n) is 4.80. The molecule has 1 amide bonds. The Labute approximate surface area is 128 Å². The number of nitrogens with zero attached hydrogens (tertiary/aromatic N) is 1. The minimum atomic E-state index is -0.183. The maximum Gasteiger partial charge on any atom is 0.308 e. The summed E-state index contributed by atoms with van der Waals surface area (Å²) in [6.07, 6.45) is 1.31. The van der Waals surface area contributed by atoms with Crippen molar-refractivity contribution in [3.8, 4) is 11.8 Å². The van der Waals surface area contributed by atoms with Gasteiger partial charge in [-0.3, -0.25) is 9.59 Å². The normalized spacial score (nSPS) is 15.2. The quantitative estimate of drug-likeness (QED) is 0.655. The second kappa shape index (κ2) is 7.25. The van der Waals surface area contributed by atoms with Crippen LogP contribution in [0.4, 0.5) is 0 Å². The molecule has 0 bridgehead atoms.